The lowest BCUT2D eigenvalue weighted by Crippen LogP contribution is -2.04. The van der Waals surface area contributed by atoms with Crippen molar-refractivity contribution in [3.05, 3.63) is 29.8 Å². The summed E-state index contributed by atoms with van der Waals surface area (Å²) in [6.45, 7) is 2.83. The van der Waals surface area contributed by atoms with Crippen molar-refractivity contribution in [2.45, 2.75) is 19.9 Å². The summed E-state index contributed by atoms with van der Waals surface area (Å²) in [6, 6.07) is 1.88. The van der Waals surface area contributed by atoms with Crippen LogP contribution >= 0.6 is 0 Å². The van der Waals surface area contributed by atoms with Gasteiger partial charge in [0.2, 0.25) is 0 Å². The van der Waals surface area contributed by atoms with E-state index < -0.39 is 0 Å². The number of nitrogens with zero attached hydrogens (tertiary/aromatic N) is 4. The lowest BCUT2D eigenvalue weighted by molar-refractivity contribution is 0.746. The molecule has 18 heavy (non-hydrogen) atoms. The van der Waals surface area contributed by atoms with Crippen LogP contribution in [0.25, 0.3) is 0 Å². The van der Waals surface area contributed by atoms with Gasteiger partial charge in [-0.25, -0.2) is 9.97 Å². The number of hydrogen-bond donors (Lipinski definition) is 2. The van der Waals surface area contributed by atoms with Gasteiger partial charge >= 0.3 is 0 Å². The lowest BCUT2D eigenvalue weighted by Gasteiger charge is -2.06. The molecule has 6 nitrogen and oxygen atoms in total. The highest BCUT2D eigenvalue weighted by atomic mass is 15.3. The van der Waals surface area contributed by atoms with Crippen molar-refractivity contribution >= 4 is 11.6 Å². The van der Waals surface area contributed by atoms with Gasteiger partial charge in [-0.05, 0) is 6.42 Å². The Morgan fingerprint density at radius 3 is 2.78 bits per heavy atom. The van der Waals surface area contributed by atoms with Crippen molar-refractivity contribution in [3.63, 3.8) is 0 Å². The van der Waals surface area contributed by atoms with Crippen molar-refractivity contribution < 1.29 is 0 Å². The van der Waals surface area contributed by atoms with E-state index in [-0.39, 0.29) is 0 Å². The van der Waals surface area contributed by atoms with E-state index in [1.165, 1.54) is 11.9 Å². The first-order valence-corrected chi connectivity index (χ1v) is 5.98. The molecule has 6 heteroatoms. The van der Waals surface area contributed by atoms with E-state index in [4.69, 9.17) is 0 Å². The summed E-state index contributed by atoms with van der Waals surface area (Å²) in [5.41, 5.74) is 2.32. The van der Waals surface area contributed by atoms with Crippen molar-refractivity contribution in [1.82, 2.24) is 19.7 Å². The summed E-state index contributed by atoms with van der Waals surface area (Å²) in [5, 5.41) is 10.7. The molecule has 2 rings (SSSR count). The molecule has 2 aromatic heterocycles. The maximum absolute atomic E-state index is 4.41. The van der Waals surface area contributed by atoms with Crippen LogP contribution in [0.2, 0.25) is 0 Å². The zero-order valence-electron chi connectivity index (χ0n) is 10.9. The molecule has 2 heterocycles. The van der Waals surface area contributed by atoms with Gasteiger partial charge in [-0.3, -0.25) is 4.68 Å². The summed E-state index contributed by atoms with van der Waals surface area (Å²) in [5.74, 6) is 1.61. The summed E-state index contributed by atoms with van der Waals surface area (Å²) < 4.78 is 1.84. The molecular formula is C12H18N6. The highest BCUT2D eigenvalue weighted by Crippen LogP contribution is 2.12. The van der Waals surface area contributed by atoms with Gasteiger partial charge in [-0.2, -0.15) is 5.10 Å². The normalized spacial score (nSPS) is 10.4. The monoisotopic (exact) mass is 246 g/mol. The molecule has 0 spiro atoms. The lowest BCUT2D eigenvalue weighted by atomic mass is 10.2. The summed E-state index contributed by atoms with van der Waals surface area (Å²) in [4.78, 5) is 8.25. The fourth-order valence-electron chi connectivity index (χ4n) is 1.81. The van der Waals surface area contributed by atoms with Gasteiger partial charge in [0.15, 0.2) is 0 Å². The largest absolute Gasteiger partial charge is 0.373 e. The Kier molecular flexibility index (Phi) is 3.76. The van der Waals surface area contributed by atoms with Crippen LogP contribution in [0.1, 0.15) is 18.2 Å². The maximum atomic E-state index is 4.41. The molecule has 0 saturated carbocycles. The Labute approximate surface area is 106 Å². The fourth-order valence-corrected chi connectivity index (χ4v) is 1.81. The molecular weight excluding hydrogens is 228 g/mol. The van der Waals surface area contributed by atoms with Crippen LogP contribution in [0, 0.1) is 0 Å². The second-order valence-corrected chi connectivity index (χ2v) is 4.02. The third-order valence-corrected chi connectivity index (χ3v) is 2.71. The standard InChI is InChI=1S/C12H18N6/c1-4-10-9(7-18(3)17-10)6-14-12-5-11(13-2)15-8-16-12/h5,7-8H,4,6H2,1-3H3,(H2,13,14,15,16). The van der Waals surface area contributed by atoms with Crippen LogP contribution in [-0.4, -0.2) is 26.8 Å². The summed E-state index contributed by atoms with van der Waals surface area (Å²) in [6.07, 6.45) is 4.51. The molecule has 2 N–H and O–H groups in total. The number of hydrogen-bond acceptors (Lipinski definition) is 5. The van der Waals surface area contributed by atoms with E-state index in [1.54, 1.807) is 0 Å². The van der Waals surface area contributed by atoms with Gasteiger partial charge in [0.1, 0.15) is 18.0 Å². The van der Waals surface area contributed by atoms with Gasteiger partial charge in [0.05, 0.1) is 5.69 Å². The van der Waals surface area contributed by atoms with Crippen molar-refractivity contribution in [3.8, 4) is 0 Å². The quantitative estimate of drug-likeness (QED) is 0.835. The summed E-state index contributed by atoms with van der Waals surface area (Å²) in [7, 11) is 3.77. The van der Waals surface area contributed by atoms with Gasteiger partial charge in [-0.15, -0.1) is 0 Å². The van der Waals surface area contributed by atoms with E-state index in [9.17, 15) is 0 Å². The molecule has 0 radical (unpaired) electrons. The average molecular weight is 246 g/mol. The molecule has 0 aliphatic carbocycles. The SMILES string of the molecule is CCc1nn(C)cc1CNc1cc(NC)ncn1. The molecule has 0 aliphatic heterocycles. The molecule has 0 bridgehead atoms. The molecule has 2 aromatic rings. The summed E-state index contributed by atoms with van der Waals surface area (Å²) >= 11 is 0. The number of aryl methyl sites for hydroxylation is 2. The number of nitrogens with one attached hydrogen (secondary N) is 2. The second-order valence-electron chi connectivity index (χ2n) is 4.02. The minimum absolute atomic E-state index is 0.719. The molecule has 0 amide bonds. The second kappa shape index (κ2) is 5.48. The van der Waals surface area contributed by atoms with E-state index in [2.05, 4.69) is 32.6 Å². The first kappa shape index (κ1) is 12.3. The first-order valence-electron chi connectivity index (χ1n) is 5.98. The van der Waals surface area contributed by atoms with Gasteiger partial charge in [-0.1, -0.05) is 6.92 Å². The highest BCUT2D eigenvalue weighted by molar-refractivity contribution is 5.46. The van der Waals surface area contributed by atoms with Crippen LogP contribution in [0.4, 0.5) is 11.6 Å². The maximum Gasteiger partial charge on any atom is 0.131 e. The third-order valence-electron chi connectivity index (χ3n) is 2.71. The Hall–Kier alpha value is -2.11. The predicted molar refractivity (Wildman–Crippen MR) is 71.5 cm³/mol. The van der Waals surface area contributed by atoms with Crippen LogP contribution in [0.15, 0.2) is 18.6 Å². The topological polar surface area (TPSA) is 67.7 Å². The molecule has 96 valence electrons. The molecule has 0 atom stereocenters. The van der Waals surface area contributed by atoms with E-state index >= 15 is 0 Å². The van der Waals surface area contributed by atoms with Gasteiger partial charge in [0, 0.05) is 38.5 Å². The first-order chi connectivity index (χ1) is 8.72. The van der Waals surface area contributed by atoms with Gasteiger partial charge in [0.25, 0.3) is 0 Å². The molecule has 0 aromatic carbocycles. The zero-order chi connectivity index (χ0) is 13.0. The number of anilines is 2. The average Bonchev–Trinajstić information content (AvgIpc) is 2.77. The molecule has 0 saturated heterocycles. The van der Waals surface area contributed by atoms with Gasteiger partial charge < -0.3 is 10.6 Å². The predicted octanol–water partition coefficient (Wildman–Crippen LogP) is 1.43. The minimum atomic E-state index is 0.719. The Morgan fingerprint density at radius 2 is 2.06 bits per heavy atom. The Balaban J connectivity index is 2.06. The number of aromatic nitrogens is 4. The van der Waals surface area contributed by atoms with Crippen LogP contribution < -0.4 is 10.6 Å². The highest BCUT2D eigenvalue weighted by Gasteiger charge is 2.05. The molecule has 0 aliphatic rings. The molecule has 0 fully saturated rings. The van der Waals surface area contributed by atoms with Crippen LogP contribution in [0.3, 0.4) is 0 Å². The fraction of sp³-hybridized carbons (Fsp3) is 0.417. The minimum Gasteiger partial charge on any atom is -0.373 e. The van der Waals surface area contributed by atoms with E-state index in [0.29, 0.717) is 0 Å². The van der Waals surface area contributed by atoms with E-state index in [0.717, 1.165) is 30.3 Å². The smallest absolute Gasteiger partial charge is 0.131 e. The Bertz CT molecular complexity index is 519. The Morgan fingerprint density at radius 1 is 1.28 bits per heavy atom. The van der Waals surface area contributed by atoms with Crippen LogP contribution in [0.5, 0.6) is 0 Å². The van der Waals surface area contributed by atoms with Crippen molar-refractivity contribution in [2.24, 2.45) is 7.05 Å². The van der Waals surface area contributed by atoms with E-state index in [1.807, 2.05) is 31.0 Å². The van der Waals surface area contributed by atoms with Crippen LogP contribution in [-0.2, 0) is 20.0 Å². The molecule has 0 unspecified atom stereocenters. The number of rotatable bonds is 5. The third kappa shape index (κ3) is 2.77. The zero-order valence-corrected chi connectivity index (χ0v) is 10.9. The van der Waals surface area contributed by atoms with Crippen molar-refractivity contribution in [1.29, 1.82) is 0 Å². The van der Waals surface area contributed by atoms with Crippen molar-refractivity contribution in [2.75, 3.05) is 17.7 Å².